The van der Waals surface area contributed by atoms with Crippen molar-refractivity contribution in [2.24, 2.45) is 0 Å². The fourth-order valence-corrected chi connectivity index (χ4v) is 3.71. The summed E-state index contributed by atoms with van der Waals surface area (Å²) in [5.74, 6) is 1.83. The quantitative estimate of drug-likeness (QED) is 0.761. The second kappa shape index (κ2) is 5.73. The molecule has 1 aromatic carbocycles. The Morgan fingerprint density at radius 1 is 1.25 bits per heavy atom. The molecule has 0 atom stereocenters. The van der Waals surface area contributed by atoms with E-state index in [2.05, 4.69) is 32.0 Å². The average Bonchev–Trinajstić information content (AvgIpc) is 2.16. The highest BCUT2D eigenvalue weighted by molar-refractivity contribution is 7.99. The van der Waals surface area contributed by atoms with Crippen LogP contribution in [0.5, 0.6) is 0 Å². The van der Waals surface area contributed by atoms with Crippen LogP contribution in [0.2, 0.25) is 0 Å². The van der Waals surface area contributed by atoms with Gasteiger partial charge in [0.1, 0.15) is 9.84 Å². The van der Waals surface area contributed by atoms with Gasteiger partial charge in [0.25, 0.3) is 0 Å². The van der Waals surface area contributed by atoms with Gasteiger partial charge in [0.15, 0.2) is 0 Å². The van der Waals surface area contributed by atoms with E-state index < -0.39 is 9.84 Å². The molecule has 0 saturated carbocycles. The Labute approximate surface area is 102 Å². The van der Waals surface area contributed by atoms with Crippen LogP contribution >= 0.6 is 11.8 Å². The standard InChI is InChI=1S/C12H18O2S2/c1-10-4-5-11(2)12(8-10)9-15-6-7-16(3,13)14/h4-5,8H,6-7,9H2,1-3H3. The summed E-state index contributed by atoms with van der Waals surface area (Å²) in [7, 11) is -2.82. The lowest BCUT2D eigenvalue weighted by molar-refractivity contribution is 0.603. The minimum absolute atomic E-state index is 0.266. The van der Waals surface area contributed by atoms with Crippen molar-refractivity contribution in [3.8, 4) is 0 Å². The first-order valence-electron chi connectivity index (χ1n) is 5.20. The zero-order valence-corrected chi connectivity index (χ0v) is 11.6. The summed E-state index contributed by atoms with van der Waals surface area (Å²) < 4.78 is 21.9. The third-order valence-corrected chi connectivity index (χ3v) is 4.57. The van der Waals surface area contributed by atoms with Crippen LogP contribution in [-0.2, 0) is 15.6 Å². The summed E-state index contributed by atoms with van der Waals surface area (Å²) in [6.45, 7) is 4.16. The maximum absolute atomic E-state index is 11.0. The Morgan fingerprint density at radius 2 is 1.94 bits per heavy atom. The predicted molar refractivity (Wildman–Crippen MR) is 71.8 cm³/mol. The summed E-state index contributed by atoms with van der Waals surface area (Å²) in [5.41, 5.74) is 3.83. The van der Waals surface area contributed by atoms with Gasteiger partial charge < -0.3 is 0 Å². The van der Waals surface area contributed by atoms with Crippen LogP contribution in [-0.4, -0.2) is 26.2 Å². The molecule has 4 heteroatoms. The van der Waals surface area contributed by atoms with Gasteiger partial charge in [0.2, 0.25) is 0 Å². The van der Waals surface area contributed by atoms with Crippen LogP contribution in [0.1, 0.15) is 16.7 Å². The van der Waals surface area contributed by atoms with E-state index in [0.29, 0.717) is 5.75 Å². The first-order chi connectivity index (χ1) is 7.38. The smallest absolute Gasteiger partial charge is 0.148 e. The lowest BCUT2D eigenvalue weighted by atomic mass is 10.1. The van der Waals surface area contributed by atoms with Crippen molar-refractivity contribution in [3.05, 3.63) is 34.9 Å². The summed E-state index contributed by atoms with van der Waals surface area (Å²) in [6.07, 6.45) is 1.28. The maximum Gasteiger partial charge on any atom is 0.148 e. The molecule has 0 saturated heterocycles. The normalized spacial score (nSPS) is 11.7. The molecule has 1 aromatic rings. The van der Waals surface area contributed by atoms with Gasteiger partial charge in [-0.25, -0.2) is 8.42 Å². The second-order valence-corrected chi connectivity index (χ2v) is 7.48. The van der Waals surface area contributed by atoms with E-state index in [0.717, 1.165) is 5.75 Å². The van der Waals surface area contributed by atoms with Crippen LogP contribution in [0.15, 0.2) is 18.2 Å². The van der Waals surface area contributed by atoms with E-state index in [-0.39, 0.29) is 5.75 Å². The van der Waals surface area contributed by atoms with E-state index in [1.165, 1.54) is 22.9 Å². The highest BCUT2D eigenvalue weighted by Crippen LogP contribution is 2.17. The Bertz CT molecular complexity index is 450. The van der Waals surface area contributed by atoms with Gasteiger partial charge in [-0.2, -0.15) is 11.8 Å². The van der Waals surface area contributed by atoms with Crippen LogP contribution < -0.4 is 0 Å². The number of hydrogen-bond acceptors (Lipinski definition) is 3. The first kappa shape index (κ1) is 13.6. The molecule has 90 valence electrons. The number of hydrogen-bond donors (Lipinski definition) is 0. The van der Waals surface area contributed by atoms with E-state index in [1.807, 2.05) is 0 Å². The van der Waals surface area contributed by atoms with Gasteiger partial charge >= 0.3 is 0 Å². The van der Waals surface area contributed by atoms with E-state index >= 15 is 0 Å². The van der Waals surface area contributed by atoms with Crippen molar-refractivity contribution in [1.82, 2.24) is 0 Å². The fourth-order valence-electron chi connectivity index (χ4n) is 1.35. The zero-order valence-electron chi connectivity index (χ0n) is 9.99. The highest BCUT2D eigenvalue weighted by Gasteiger charge is 2.03. The predicted octanol–water partition coefficient (Wildman–Crippen LogP) is 2.58. The molecule has 0 N–H and O–H groups in total. The lowest BCUT2D eigenvalue weighted by Gasteiger charge is -2.06. The summed E-state index contributed by atoms with van der Waals surface area (Å²) >= 11 is 1.68. The zero-order chi connectivity index (χ0) is 12.2. The molecular formula is C12H18O2S2. The average molecular weight is 258 g/mol. The van der Waals surface area contributed by atoms with Crippen molar-refractivity contribution < 1.29 is 8.42 Å². The molecule has 0 aromatic heterocycles. The summed E-state index contributed by atoms with van der Waals surface area (Å²) in [5, 5.41) is 0. The third kappa shape index (κ3) is 5.03. The van der Waals surface area contributed by atoms with Gasteiger partial charge in [0.05, 0.1) is 5.75 Å². The largest absolute Gasteiger partial charge is 0.229 e. The highest BCUT2D eigenvalue weighted by atomic mass is 32.2. The SMILES string of the molecule is Cc1ccc(C)c(CSCCS(C)(=O)=O)c1. The summed E-state index contributed by atoms with van der Waals surface area (Å²) in [4.78, 5) is 0. The monoisotopic (exact) mass is 258 g/mol. The molecule has 0 bridgehead atoms. The van der Waals surface area contributed by atoms with Crippen molar-refractivity contribution in [2.75, 3.05) is 17.8 Å². The van der Waals surface area contributed by atoms with Gasteiger partial charge in [-0.3, -0.25) is 0 Å². The first-order valence-corrected chi connectivity index (χ1v) is 8.41. The Kier molecular flexibility index (Phi) is 4.87. The molecule has 0 fully saturated rings. The van der Waals surface area contributed by atoms with Gasteiger partial charge in [-0.1, -0.05) is 23.8 Å². The molecule has 16 heavy (non-hydrogen) atoms. The third-order valence-electron chi connectivity index (χ3n) is 2.36. The Hall–Kier alpha value is -0.480. The van der Waals surface area contributed by atoms with E-state index in [4.69, 9.17) is 0 Å². The molecule has 2 nitrogen and oxygen atoms in total. The number of aryl methyl sites for hydroxylation is 2. The molecule has 1 rings (SSSR count). The minimum Gasteiger partial charge on any atom is -0.229 e. The van der Waals surface area contributed by atoms with Crippen molar-refractivity contribution in [3.63, 3.8) is 0 Å². The Morgan fingerprint density at radius 3 is 2.56 bits per heavy atom. The molecule has 0 unspecified atom stereocenters. The van der Waals surface area contributed by atoms with Crippen molar-refractivity contribution in [2.45, 2.75) is 19.6 Å². The van der Waals surface area contributed by atoms with Gasteiger partial charge in [0, 0.05) is 17.8 Å². The summed E-state index contributed by atoms with van der Waals surface area (Å²) in [6, 6.07) is 6.38. The van der Waals surface area contributed by atoms with Gasteiger partial charge in [-0.05, 0) is 25.0 Å². The minimum atomic E-state index is -2.82. The van der Waals surface area contributed by atoms with Crippen LogP contribution in [0.25, 0.3) is 0 Å². The molecule has 0 heterocycles. The van der Waals surface area contributed by atoms with Crippen molar-refractivity contribution >= 4 is 21.6 Å². The molecule has 0 spiro atoms. The van der Waals surface area contributed by atoms with Crippen LogP contribution in [0.4, 0.5) is 0 Å². The van der Waals surface area contributed by atoms with E-state index in [1.54, 1.807) is 11.8 Å². The maximum atomic E-state index is 11.0. The fraction of sp³-hybridized carbons (Fsp3) is 0.500. The topological polar surface area (TPSA) is 34.1 Å². The molecular weight excluding hydrogens is 240 g/mol. The molecule has 0 aliphatic heterocycles. The number of thioether (sulfide) groups is 1. The van der Waals surface area contributed by atoms with Crippen LogP contribution in [0.3, 0.4) is 0 Å². The second-order valence-electron chi connectivity index (χ2n) is 4.11. The molecule has 0 radical (unpaired) electrons. The van der Waals surface area contributed by atoms with Crippen LogP contribution in [0, 0.1) is 13.8 Å². The van der Waals surface area contributed by atoms with E-state index in [9.17, 15) is 8.42 Å². The lowest BCUT2D eigenvalue weighted by Crippen LogP contribution is -2.05. The number of benzene rings is 1. The number of rotatable bonds is 5. The Balaban J connectivity index is 2.46. The van der Waals surface area contributed by atoms with Crippen molar-refractivity contribution in [1.29, 1.82) is 0 Å². The molecule has 0 aliphatic carbocycles. The number of sulfone groups is 1. The molecule has 0 amide bonds. The molecule has 0 aliphatic rings. The van der Waals surface area contributed by atoms with Gasteiger partial charge in [-0.15, -0.1) is 0 Å².